The molecule has 2 aromatic rings. The molecule has 0 bridgehead atoms. The topological polar surface area (TPSA) is 40.7 Å². The molecule has 1 aliphatic rings. The Balaban J connectivity index is 1.89. The van der Waals surface area contributed by atoms with Gasteiger partial charge in [0.1, 0.15) is 0 Å². The molecule has 0 fully saturated rings. The maximum Gasteiger partial charge on any atom is 0.0825 e. The van der Waals surface area contributed by atoms with E-state index in [0.29, 0.717) is 6.04 Å². The number of aryl methyl sites for hydroxylation is 3. The van der Waals surface area contributed by atoms with Crippen molar-refractivity contribution in [3.8, 4) is 0 Å². The third-order valence-electron chi connectivity index (χ3n) is 3.63. The Morgan fingerprint density at radius 3 is 2.94 bits per heavy atom. The van der Waals surface area contributed by atoms with E-state index in [1.165, 1.54) is 11.1 Å². The molecule has 2 N–H and O–H groups in total. The summed E-state index contributed by atoms with van der Waals surface area (Å²) in [6.45, 7) is 4.09. The molecule has 1 aliphatic carbocycles. The van der Waals surface area contributed by atoms with Gasteiger partial charge >= 0.3 is 0 Å². The molecule has 4 heteroatoms. The normalized spacial score (nSPS) is 17.8. The number of hydrogen-bond acceptors (Lipinski definition) is 2. The van der Waals surface area contributed by atoms with Gasteiger partial charge in [0.05, 0.1) is 23.1 Å². The Labute approximate surface area is 115 Å². The summed E-state index contributed by atoms with van der Waals surface area (Å²) in [5.74, 6) is 0. The van der Waals surface area contributed by atoms with E-state index >= 15 is 0 Å². The first-order valence-corrected chi connectivity index (χ1v) is 7.01. The highest BCUT2D eigenvalue weighted by atomic mass is 79.9. The molecule has 1 atom stereocenters. The Hall–Kier alpha value is -1.29. The largest absolute Gasteiger partial charge is 0.375 e. The molecule has 0 aliphatic heterocycles. The summed E-state index contributed by atoms with van der Waals surface area (Å²) in [7, 11) is 0. The summed E-state index contributed by atoms with van der Waals surface area (Å²) < 4.78 is 1.16. The summed E-state index contributed by atoms with van der Waals surface area (Å²) >= 11 is 3.53. The molecule has 18 heavy (non-hydrogen) atoms. The average Bonchev–Trinajstić information content (AvgIpc) is 2.87. The van der Waals surface area contributed by atoms with E-state index in [1.54, 1.807) is 0 Å². The summed E-state index contributed by atoms with van der Waals surface area (Å²) in [5, 5.41) is 10.9. The number of benzene rings is 1. The van der Waals surface area contributed by atoms with E-state index in [2.05, 4.69) is 56.6 Å². The van der Waals surface area contributed by atoms with Gasteiger partial charge in [-0.2, -0.15) is 5.10 Å². The number of hydrogen-bond donors (Lipinski definition) is 2. The van der Waals surface area contributed by atoms with Crippen LogP contribution >= 0.6 is 15.9 Å². The average molecular weight is 306 g/mol. The molecule has 1 aromatic carbocycles. The molecular weight excluding hydrogens is 290 g/mol. The van der Waals surface area contributed by atoms with E-state index in [0.717, 1.165) is 34.4 Å². The van der Waals surface area contributed by atoms with Gasteiger partial charge in [-0.3, -0.25) is 5.10 Å². The van der Waals surface area contributed by atoms with E-state index in [1.807, 2.05) is 6.92 Å². The van der Waals surface area contributed by atoms with Crippen molar-refractivity contribution in [3.05, 3.63) is 45.2 Å². The number of rotatable bonds is 2. The number of aromatic nitrogens is 2. The van der Waals surface area contributed by atoms with Crippen LogP contribution in [-0.4, -0.2) is 10.2 Å². The van der Waals surface area contributed by atoms with Crippen LogP contribution in [0.5, 0.6) is 0 Å². The Kier molecular flexibility index (Phi) is 2.90. The van der Waals surface area contributed by atoms with Gasteiger partial charge < -0.3 is 5.32 Å². The second-order valence-corrected chi connectivity index (χ2v) is 5.80. The molecule has 0 saturated heterocycles. The van der Waals surface area contributed by atoms with Gasteiger partial charge in [-0.25, -0.2) is 0 Å². The highest BCUT2D eigenvalue weighted by Gasteiger charge is 2.23. The summed E-state index contributed by atoms with van der Waals surface area (Å²) in [6, 6.07) is 6.97. The minimum absolute atomic E-state index is 0.406. The van der Waals surface area contributed by atoms with Crippen LogP contribution in [-0.2, 0) is 6.42 Å². The lowest BCUT2D eigenvalue weighted by atomic mass is 10.1. The zero-order chi connectivity index (χ0) is 12.7. The van der Waals surface area contributed by atoms with Gasteiger partial charge in [0.25, 0.3) is 0 Å². The van der Waals surface area contributed by atoms with Gasteiger partial charge in [0, 0.05) is 4.47 Å². The monoisotopic (exact) mass is 305 g/mol. The lowest BCUT2D eigenvalue weighted by molar-refractivity contribution is 0.760. The molecule has 3 rings (SSSR count). The minimum Gasteiger partial charge on any atom is -0.375 e. The van der Waals surface area contributed by atoms with Crippen LogP contribution in [0, 0.1) is 13.8 Å². The van der Waals surface area contributed by atoms with Crippen LogP contribution in [0.2, 0.25) is 0 Å². The molecule has 1 aromatic heterocycles. The van der Waals surface area contributed by atoms with Gasteiger partial charge in [0.15, 0.2) is 0 Å². The zero-order valence-corrected chi connectivity index (χ0v) is 12.1. The fraction of sp³-hybridized carbons (Fsp3) is 0.357. The number of aromatic amines is 1. The van der Waals surface area contributed by atoms with Gasteiger partial charge in [-0.05, 0) is 49.9 Å². The van der Waals surface area contributed by atoms with Crippen molar-refractivity contribution in [1.82, 2.24) is 10.2 Å². The fourth-order valence-electron chi connectivity index (χ4n) is 2.67. The number of fused-ring (bicyclic) bond motifs is 1. The van der Waals surface area contributed by atoms with Crippen LogP contribution in [0.15, 0.2) is 22.7 Å². The molecular formula is C14H16BrN3. The molecule has 0 saturated carbocycles. The first-order chi connectivity index (χ1) is 8.65. The van der Waals surface area contributed by atoms with Crippen molar-refractivity contribution in [1.29, 1.82) is 0 Å². The Morgan fingerprint density at radius 2 is 2.22 bits per heavy atom. The third kappa shape index (κ3) is 1.94. The standard InChI is InChI=1S/C14H16BrN3/c1-8-14(9(2)18-17-8)16-13-6-3-10-7-11(15)4-5-12(10)13/h4-5,7,13,16H,3,6H2,1-2H3,(H,17,18). The maximum absolute atomic E-state index is 4.23. The molecule has 0 amide bonds. The molecule has 1 unspecified atom stereocenters. The molecule has 0 radical (unpaired) electrons. The Morgan fingerprint density at radius 1 is 1.39 bits per heavy atom. The number of halogens is 1. The fourth-order valence-corrected chi connectivity index (χ4v) is 3.08. The maximum atomic E-state index is 4.23. The van der Waals surface area contributed by atoms with Crippen LogP contribution in [0.4, 0.5) is 5.69 Å². The summed E-state index contributed by atoms with van der Waals surface area (Å²) in [6.07, 6.45) is 2.29. The molecule has 0 spiro atoms. The first kappa shape index (κ1) is 11.8. The second-order valence-electron chi connectivity index (χ2n) is 4.89. The quantitative estimate of drug-likeness (QED) is 0.884. The van der Waals surface area contributed by atoms with E-state index in [9.17, 15) is 0 Å². The van der Waals surface area contributed by atoms with Crippen LogP contribution < -0.4 is 5.32 Å². The number of nitrogens with zero attached hydrogens (tertiary/aromatic N) is 1. The van der Waals surface area contributed by atoms with Crippen molar-refractivity contribution in [2.75, 3.05) is 5.32 Å². The van der Waals surface area contributed by atoms with Crippen molar-refractivity contribution in [2.45, 2.75) is 32.7 Å². The molecule has 3 nitrogen and oxygen atoms in total. The predicted octanol–water partition coefficient (Wildman–Crippen LogP) is 3.89. The van der Waals surface area contributed by atoms with E-state index < -0.39 is 0 Å². The van der Waals surface area contributed by atoms with E-state index in [-0.39, 0.29) is 0 Å². The van der Waals surface area contributed by atoms with Gasteiger partial charge in [0.2, 0.25) is 0 Å². The van der Waals surface area contributed by atoms with Gasteiger partial charge in [-0.1, -0.05) is 22.0 Å². The lowest BCUT2D eigenvalue weighted by Gasteiger charge is -2.15. The highest BCUT2D eigenvalue weighted by Crippen LogP contribution is 2.36. The third-order valence-corrected chi connectivity index (χ3v) is 4.12. The van der Waals surface area contributed by atoms with Crippen molar-refractivity contribution >= 4 is 21.6 Å². The zero-order valence-electron chi connectivity index (χ0n) is 10.5. The van der Waals surface area contributed by atoms with Gasteiger partial charge in [-0.15, -0.1) is 0 Å². The minimum atomic E-state index is 0.406. The summed E-state index contributed by atoms with van der Waals surface area (Å²) in [5.41, 5.74) is 6.16. The number of nitrogens with one attached hydrogen (secondary N) is 2. The van der Waals surface area contributed by atoms with Crippen LogP contribution in [0.3, 0.4) is 0 Å². The van der Waals surface area contributed by atoms with Crippen molar-refractivity contribution in [2.24, 2.45) is 0 Å². The lowest BCUT2D eigenvalue weighted by Crippen LogP contribution is -2.08. The SMILES string of the molecule is Cc1n[nH]c(C)c1NC1CCc2cc(Br)ccc21. The van der Waals surface area contributed by atoms with Crippen LogP contribution in [0.25, 0.3) is 0 Å². The van der Waals surface area contributed by atoms with E-state index in [4.69, 9.17) is 0 Å². The second kappa shape index (κ2) is 4.43. The predicted molar refractivity (Wildman–Crippen MR) is 76.9 cm³/mol. The highest BCUT2D eigenvalue weighted by molar-refractivity contribution is 9.10. The van der Waals surface area contributed by atoms with Crippen LogP contribution in [0.1, 0.15) is 35.0 Å². The molecule has 1 heterocycles. The Bertz CT molecular complexity index is 569. The number of H-pyrrole nitrogens is 1. The first-order valence-electron chi connectivity index (χ1n) is 6.21. The molecule has 94 valence electrons. The summed E-state index contributed by atoms with van der Waals surface area (Å²) in [4.78, 5) is 0. The smallest absolute Gasteiger partial charge is 0.0825 e. The number of anilines is 1. The van der Waals surface area contributed by atoms with Crippen molar-refractivity contribution in [3.63, 3.8) is 0 Å². The van der Waals surface area contributed by atoms with Crippen molar-refractivity contribution < 1.29 is 0 Å².